The predicted octanol–water partition coefficient (Wildman–Crippen LogP) is 3.68. The number of rotatable bonds is 5. The van der Waals surface area contributed by atoms with Gasteiger partial charge in [0.25, 0.3) is 5.56 Å². The summed E-state index contributed by atoms with van der Waals surface area (Å²) in [6.45, 7) is 2.89. The smallest absolute Gasteiger partial charge is 0.293 e. The van der Waals surface area contributed by atoms with Crippen LogP contribution in [-0.4, -0.2) is 14.7 Å². The standard InChI is InChI=1S/C20H18N4O2/c1-2-24-17-11-7-6-10-16(17)22-19(20(24)25)21-13-15-12-18(26-23-15)14-8-4-3-5-9-14/h3-12H,2,13H2,1H3,(H,21,22). The van der Waals surface area contributed by atoms with Gasteiger partial charge in [0.1, 0.15) is 5.69 Å². The monoisotopic (exact) mass is 346 g/mol. The van der Waals surface area contributed by atoms with E-state index in [2.05, 4.69) is 15.5 Å². The summed E-state index contributed by atoms with van der Waals surface area (Å²) in [6, 6.07) is 19.2. The van der Waals surface area contributed by atoms with Crippen molar-refractivity contribution in [3.05, 3.63) is 76.7 Å². The van der Waals surface area contributed by atoms with E-state index in [0.29, 0.717) is 30.4 Å². The van der Waals surface area contributed by atoms with Crippen molar-refractivity contribution in [1.29, 1.82) is 0 Å². The molecule has 0 unspecified atom stereocenters. The molecular weight excluding hydrogens is 328 g/mol. The molecule has 130 valence electrons. The highest BCUT2D eigenvalue weighted by molar-refractivity contribution is 5.76. The first kappa shape index (κ1) is 16.1. The van der Waals surface area contributed by atoms with E-state index in [1.54, 1.807) is 4.57 Å². The van der Waals surface area contributed by atoms with Crippen LogP contribution in [0, 0.1) is 0 Å². The topological polar surface area (TPSA) is 73.0 Å². The zero-order chi connectivity index (χ0) is 17.9. The van der Waals surface area contributed by atoms with Crippen LogP contribution in [0.5, 0.6) is 0 Å². The maximum Gasteiger partial charge on any atom is 0.293 e. The molecule has 4 aromatic rings. The van der Waals surface area contributed by atoms with Gasteiger partial charge in [0, 0.05) is 18.2 Å². The van der Waals surface area contributed by atoms with Crippen molar-refractivity contribution >= 4 is 16.9 Å². The Balaban J connectivity index is 1.60. The zero-order valence-corrected chi connectivity index (χ0v) is 14.3. The largest absolute Gasteiger partial charge is 0.360 e. The first-order valence-electron chi connectivity index (χ1n) is 8.50. The van der Waals surface area contributed by atoms with Gasteiger partial charge in [0.05, 0.1) is 17.6 Å². The molecule has 0 saturated carbocycles. The fourth-order valence-corrected chi connectivity index (χ4v) is 2.93. The van der Waals surface area contributed by atoms with Gasteiger partial charge in [0.2, 0.25) is 0 Å². The second-order valence-electron chi connectivity index (χ2n) is 5.90. The average Bonchev–Trinajstić information content (AvgIpc) is 3.16. The second kappa shape index (κ2) is 6.84. The van der Waals surface area contributed by atoms with E-state index in [1.807, 2.05) is 67.6 Å². The number of nitrogens with one attached hydrogen (secondary N) is 1. The maximum absolute atomic E-state index is 12.7. The maximum atomic E-state index is 12.7. The third kappa shape index (κ3) is 2.97. The molecule has 0 aliphatic heterocycles. The number of aryl methyl sites for hydroxylation is 1. The van der Waals surface area contributed by atoms with E-state index >= 15 is 0 Å². The molecule has 2 aromatic heterocycles. The Morgan fingerprint density at radius 1 is 1.08 bits per heavy atom. The molecule has 26 heavy (non-hydrogen) atoms. The summed E-state index contributed by atoms with van der Waals surface area (Å²) >= 11 is 0. The van der Waals surface area contributed by atoms with E-state index in [0.717, 1.165) is 16.6 Å². The Hall–Kier alpha value is -3.41. The molecule has 0 atom stereocenters. The van der Waals surface area contributed by atoms with Crippen LogP contribution in [-0.2, 0) is 13.1 Å². The van der Waals surface area contributed by atoms with Crippen LogP contribution in [0.4, 0.5) is 5.82 Å². The number of nitrogens with zero attached hydrogens (tertiary/aromatic N) is 3. The van der Waals surface area contributed by atoms with Crippen molar-refractivity contribution in [3.63, 3.8) is 0 Å². The summed E-state index contributed by atoms with van der Waals surface area (Å²) in [5.41, 5.74) is 3.14. The van der Waals surface area contributed by atoms with Crippen LogP contribution in [0.25, 0.3) is 22.4 Å². The Labute approximate surface area is 150 Å². The minimum Gasteiger partial charge on any atom is -0.360 e. The number of fused-ring (bicyclic) bond motifs is 1. The van der Waals surface area contributed by atoms with E-state index in [1.165, 1.54) is 0 Å². The Morgan fingerprint density at radius 2 is 1.85 bits per heavy atom. The quantitative estimate of drug-likeness (QED) is 0.597. The van der Waals surface area contributed by atoms with Crippen LogP contribution >= 0.6 is 0 Å². The first-order valence-corrected chi connectivity index (χ1v) is 8.50. The molecule has 0 aliphatic carbocycles. The van der Waals surface area contributed by atoms with E-state index in [9.17, 15) is 4.79 Å². The third-order valence-corrected chi connectivity index (χ3v) is 4.22. The molecule has 2 aromatic carbocycles. The van der Waals surface area contributed by atoms with Gasteiger partial charge in [0.15, 0.2) is 11.6 Å². The summed E-state index contributed by atoms with van der Waals surface area (Å²) in [7, 11) is 0. The van der Waals surface area contributed by atoms with Crippen molar-refractivity contribution in [3.8, 4) is 11.3 Å². The molecule has 0 spiro atoms. The van der Waals surface area contributed by atoms with Gasteiger partial charge in [-0.15, -0.1) is 0 Å². The zero-order valence-electron chi connectivity index (χ0n) is 14.3. The molecule has 0 amide bonds. The van der Waals surface area contributed by atoms with Crippen molar-refractivity contribution in [2.24, 2.45) is 0 Å². The number of aromatic nitrogens is 3. The van der Waals surface area contributed by atoms with Gasteiger partial charge in [-0.05, 0) is 19.1 Å². The summed E-state index contributed by atoms with van der Waals surface area (Å²) in [5, 5.41) is 7.16. The summed E-state index contributed by atoms with van der Waals surface area (Å²) in [4.78, 5) is 17.1. The van der Waals surface area contributed by atoms with Gasteiger partial charge in [-0.1, -0.05) is 47.6 Å². The van der Waals surface area contributed by atoms with Crippen LogP contribution in [0.15, 0.2) is 70.0 Å². The number of benzene rings is 2. The first-order chi connectivity index (χ1) is 12.8. The lowest BCUT2D eigenvalue weighted by atomic mass is 10.2. The molecule has 0 saturated heterocycles. The SMILES string of the molecule is CCn1c(=O)c(NCc2cc(-c3ccccc3)on2)nc2ccccc21. The van der Waals surface area contributed by atoms with E-state index < -0.39 is 0 Å². The second-order valence-corrected chi connectivity index (χ2v) is 5.90. The molecule has 0 aliphatic rings. The molecule has 1 N–H and O–H groups in total. The summed E-state index contributed by atoms with van der Waals surface area (Å²) in [5.74, 6) is 1.01. The third-order valence-electron chi connectivity index (χ3n) is 4.22. The van der Waals surface area contributed by atoms with Gasteiger partial charge >= 0.3 is 0 Å². The average molecular weight is 346 g/mol. The highest BCUT2D eigenvalue weighted by Crippen LogP contribution is 2.20. The molecule has 6 heteroatoms. The predicted molar refractivity (Wildman–Crippen MR) is 101 cm³/mol. The molecule has 0 radical (unpaired) electrons. The fraction of sp³-hybridized carbons (Fsp3) is 0.150. The van der Waals surface area contributed by atoms with Crippen molar-refractivity contribution in [2.45, 2.75) is 20.0 Å². The normalized spacial score (nSPS) is 11.0. The lowest BCUT2D eigenvalue weighted by Crippen LogP contribution is -2.24. The van der Waals surface area contributed by atoms with Crippen molar-refractivity contribution in [2.75, 3.05) is 5.32 Å². The van der Waals surface area contributed by atoms with E-state index in [-0.39, 0.29) is 5.56 Å². The number of anilines is 1. The molecule has 0 bridgehead atoms. The highest BCUT2D eigenvalue weighted by atomic mass is 16.5. The van der Waals surface area contributed by atoms with Crippen molar-refractivity contribution in [1.82, 2.24) is 14.7 Å². The minimum absolute atomic E-state index is 0.141. The summed E-state index contributed by atoms with van der Waals surface area (Å²) in [6.07, 6.45) is 0. The number of hydrogen-bond acceptors (Lipinski definition) is 5. The minimum atomic E-state index is -0.141. The molecule has 6 nitrogen and oxygen atoms in total. The Bertz CT molecular complexity index is 1100. The highest BCUT2D eigenvalue weighted by Gasteiger charge is 2.11. The van der Waals surface area contributed by atoms with Crippen LogP contribution in [0.2, 0.25) is 0 Å². The van der Waals surface area contributed by atoms with Gasteiger partial charge in [-0.2, -0.15) is 0 Å². The lowest BCUT2D eigenvalue weighted by molar-refractivity contribution is 0.424. The fourth-order valence-electron chi connectivity index (χ4n) is 2.93. The van der Waals surface area contributed by atoms with Crippen LogP contribution in [0.1, 0.15) is 12.6 Å². The van der Waals surface area contributed by atoms with Gasteiger partial charge < -0.3 is 14.4 Å². The van der Waals surface area contributed by atoms with E-state index in [4.69, 9.17) is 4.52 Å². The lowest BCUT2D eigenvalue weighted by Gasteiger charge is -2.10. The Morgan fingerprint density at radius 3 is 2.65 bits per heavy atom. The van der Waals surface area contributed by atoms with Crippen molar-refractivity contribution < 1.29 is 4.52 Å². The number of para-hydroxylation sites is 2. The number of hydrogen-bond donors (Lipinski definition) is 1. The molecule has 4 rings (SSSR count). The Kier molecular flexibility index (Phi) is 4.23. The van der Waals surface area contributed by atoms with Gasteiger partial charge in [-0.25, -0.2) is 4.98 Å². The van der Waals surface area contributed by atoms with Crippen LogP contribution < -0.4 is 10.9 Å². The molecule has 2 heterocycles. The van der Waals surface area contributed by atoms with Gasteiger partial charge in [-0.3, -0.25) is 4.79 Å². The molecule has 0 fully saturated rings. The molecular formula is C20H18N4O2. The van der Waals surface area contributed by atoms with Crippen LogP contribution in [0.3, 0.4) is 0 Å². The summed E-state index contributed by atoms with van der Waals surface area (Å²) < 4.78 is 7.10.